The monoisotopic (exact) mass is 423 g/mol. The minimum atomic E-state index is -2.00. The predicted molar refractivity (Wildman–Crippen MR) is 106 cm³/mol. The number of esters is 1. The van der Waals surface area contributed by atoms with Crippen molar-refractivity contribution in [2.75, 3.05) is 0 Å². The Bertz CT molecular complexity index is 658. The van der Waals surface area contributed by atoms with Gasteiger partial charge < -0.3 is 0 Å². The Morgan fingerprint density at radius 2 is 1.73 bits per heavy atom. The van der Waals surface area contributed by atoms with Gasteiger partial charge in [-0.1, -0.05) is 0 Å². The molecule has 0 saturated heterocycles. The molecule has 0 heterocycles. The van der Waals surface area contributed by atoms with E-state index in [9.17, 15) is 14.9 Å². The van der Waals surface area contributed by atoms with Crippen LogP contribution >= 0.6 is 0 Å². The predicted octanol–water partition coefficient (Wildman–Crippen LogP) is 5.67. The summed E-state index contributed by atoms with van der Waals surface area (Å²) in [5.41, 5.74) is 0.566. The van der Waals surface area contributed by atoms with Crippen LogP contribution in [0.25, 0.3) is 0 Å². The molecule has 6 heteroatoms. The average molecular weight is 422 g/mol. The molecule has 1 aliphatic carbocycles. The molecule has 1 fully saturated rings. The maximum atomic E-state index is 12.7. The van der Waals surface area contributed by atoms with Gasteiger partial charge in [0.2, 0.25) is 0 Å². The molecule has 5 nitrogen and oxygen atoms in total. The summed E-state index contributed by atoms with van der Waals surface area (Å²) in [7, 11) is 0. The Labute approximate surface area is 159 Å². The summed E-state index contributed by atoms with van der Waals surface area (Å²) in [6, 6.07) is 5.68. The zero-order valence-corrected chi connectivity index (χ0v) is 18.8. The van der Waals surface area contributed by atoms with Crippen molar-refractivity contribution >= 4 is 24.9 Å². The van der Waals surface area contributed by atoms with Crippen LogP contribution in [0.1, 0.15) is 50.4 Å². The fourth-order valence-corrected chi connectivity index (χ4v) is 8.90. The Balaban J connectivity index is 2.18. The van der Waals surface area contributed by atoms with Gasteiger partial charge in [0.05, 0.1) is 0 Å². The van der Waals surface area contributed by atoms with E-state index < -0.39 is 18.2 Å². The number of rotatable bonds is 4. The SMILES string of the molecule is CC(C)(C)[C@@H]1CC[C@H]([Ge]([CH3])([CH3])[CH3])[C@@H](OC(=O)c2ccc([N+](=O)[O-])cc2)C1. The van der Waals surface area contributed by atoms with E-state index in [4.69, 9.17) is 4.74 Å². The number of ether oxygens (including phenoxy) is 1. The summed E-state index contributed by atoms with van der Waals surface area (Å²) in [5, 5.41) is 10.8. The third-order valence-corrected chi connectivity index (χ3v) is 11.8. The van der Waals surface area contributed by atoms with Crippen molar-refractivity contribution in [1.29, 1.82) is 0 Å². The molecule has 0 unspecified atom stereocenters. The van der Waals surface area contributed by atoms with Crippen LogP contribution in [-0.2, 0) is 4.74 Å². The number of carbonyl (C=O) groups excluding carboxylic acids is 1. The third-order valence-electron chi connectivity index (χ3n) is 5.70. The fourth-order valence-electron chi connectivity index (χ4n) is 3.96. The van der Waals surface area contributed by atoms with Crippen molar-refractivity contribution in [2.24, 2.45) is 11.3 Å². The van der Waals surface area contributed by atoms with E-state index in [2.05, 4.69) is 38.0 Å². The molecule has 0 spiro atoms. The Morgan fingerprint density at radius 3 is 2.19 bits per heavy atom. The molecule has 1 aliphatic rings. The van der Waals surface area contributed by atoms with E-state index in [1.165, 1.54) is 30.7 Å². The Kier molecular flexibility index (Phi) is 6.21. The van der Waals surface area contributed by atoms with Crippen molar-refractivity contribution in [2.45, 2.75) is 68.2 Å². The van der Waals surface area contributed by atoms with Gasteiger partial charge in [0, 0.05) is 0 Å². The van der Waals surface area contributed by atoms with Gasteiger partial charge in [0.25, 0.3) is 0 Å². The molecule has 1 saturated carbocycles. The molecule has 2 rings (SSSR count). The zero-order valence-electron chi connectivity index (χ0n) is 16.7. The molecule has 0 aliphatic heterocycles. The van der Waals surface area contributed by atoms with Crippen LogP contribution in [0.5, 0.6) is 0 Å². The standard InChI is InChI=1S/C20H31GeNO4/c1-20(2,3)15-9-12-17(21(4,5)6)18(13-15)26-19(23)14-7-10-16(11-8-14)22(24)25/h7-8,10-11,15,17-18H,9,12-13H2,1-6H3/t15-,17+,18+/m1/s1. The van der Waals surface area contributed by atoms with Crippen LogP contribution in [0.3, 0.4) is 0 Å². The molecule has 1 aromatic rings. The summed E-state index contributed by atoms with van der Waals surface area (Å²) in [4.78, 5) is 23.0. The molecule has 1 aromatic carbocycles. The van der Waals surface area contributed by atoms with Gasteiger partial charge in [-0.25, -0.2) is 0 Å². The van der Waals surface area contributed by atoms with Gasteiger partial charge in [-0.3, -0.25) is 0 Å². The zero-order chi connectivity index (χ0) is 19.7. The first-order chi connectivity index (χ1) is 11.9. The maximum absolute atomic E-state index is 12.7. The number of benzene rings is 1. The van der Waals surface area contributed by atoms with Crippen molar-refractivity contribution in [3.63, 3.8) is 0 Å². The van der Waals surface area contributed by atoms with Gasteiger partial charge in [-0.15, -0.1) is 0 Å². The minimum absolute atomic E-state index is 0.0189. The van der Waals surface area contributed by atoms with Gasteiger partial charge in [0.1, 0.15) is 0 Å². The van der Waals surface area contributed by atoms with Gasteiger partial charge in [-0.2, -0.15) is 0 Å². The van der Waals surface area contributed by atoms with Gasteiger partial charge in [0.15, 0.2) is 0 Å². The van der Waals surface area contributed by atoms with Crippen LogP contribution in [0.15, 0.2) is 24.3 Å². The molecular weight excluding hydrogens is 391 g/mol. The van der Waals surface area contributed by atoms with Crippen molar-refractivity contribution in [3.05, 3.63) is 39.9 Å². The van der Waals surface area contributed by atoms with Gasteiger partial charge >= 0.3 is 159 Å². The van der Waals surface area contributed by atoms with E-state index in [0.29, 0.717) is 16.2 Å². The quantitative estimate of drug-likeness (QED) is 0.271. The van der Waals surface area contributed by atoms with Crippen molar-refractivity contribution in [1.82, 2.24) is 0 Å². The summed E-state index contributed by atoms with van der Waals surface area (Å²) in [5.74, 6) is 7.33. The second-order valence-corrected chi connectivity index (χ2v) is 21.1. The van der Waals surface area contributed by atoms with Crippen LogP contribution in [0.2, 0.25) is 22.0 Å². The molecule has 3 atom stereocenters. The van der Waals surface area contributed by atoms with Crippen LogP contribution in [0.4, 0.5) is 5.69 Å². The van der Waals surface area contributed by atoms with Crippen molar-refractivity contribution in [3.8, 4) is 0 Å². The summed E-state index contributed by atoms with van der Waals surface area (Å²) in [6.45, 7) is 6.77. The number of hydrogen-bond acceptors (Lipinski definition) is 4. The first-order valence-corrected chi connectivity index (χ1v) is 16.9. The fraction of sp³-hybridized carbons (Fsp3) is 0.650. The molecule has 144 valence electrons. The van der Waals surface area contributed by atoms with E-state index in [1.807, 2.05) is 0 Å². The van der Waals surface area contributed by atoms with Crippen LogP contribution in [0, 0.1) is 21.4 Å². The molecular formula is C20H31GeNO4. The summed E-state index contributed by atoms with van der Waals surface area (Å²) in [6.07, 6.45) is 3.19. The number of nitro benzene ring substituents is 1. The van der Waals surface area contributed by atoms with E-state index in [-0.39, 0.29) is 23.2 Å². The molecule has 0 N–H and O–H groups in total. The van der Waals surface area contributed by atoms with Gasteiger partial charge in [-0.05, 0) is 0 Å². The van der Waals surface area contributed by atoms with E-state index >= 15 is 0 Å². The first-order valence-electron chi connectivity index (χ1n) is 9.35. The van der Waals surface area contributed by atoms with Crippen LogP contribution in [-0.4, -0.2) is 30.3 Å². The van der Waals surface area contributed by atoms with E-state index in [0.717, 1.165) is 12.8 Å². The summed E-state index contributed by atoms with van der Waals surface area (Å²) >= 11 is -2.00. The topological polar surface area (TPSA) is 69.4 Å². The number of non-ortho nitro benzene ring substituents is 1. The molecule has 0 aromatic heterocycles. The molecule has 26 heavy (non-hydrogen) atoms. The Morgan fingerprint density at radius 1 is 1.15 bits per heavy atom. The van der Waals surface area contributed by atoms with Crippen LogP contribution < -0.4 is 0 Å². The number of hydrogen-bond donors (Lipinski definition) is 0. The van der Waals surface area contributed by atoms with E-state index in [1.54, 1.807) is 0 Å². The number of carbonyl (C=O) groups is 1. The Hall–Kier alpha value is -1.37. The number of nitro groups is 1. The first kappa shape index (κ1) is 20.9. The second kappa shape index (κ2) is 7.71. The molecule has 0 amide bonds. The van der Waals surface area contributed by atoms with Crippen molar-refractivity contribution < 1.29 is 14.5 Å². The normalized spacial score (nSPS) is 24.2. The second-order valence-electron chi connectivity index (χ2n) is 9.60. The summed E-state index contributed by atoms with van der Waals surface area (Å²) < 4.78 is 6.48. The molecule has 0 radical (unpaired) electrons. The average Bonchev–Trinajstić information content (AvgIpc) is 2.53. The molecule has 0 bridgehead atoms. The number of nitrogens with zero attached hydrogens (tertiary/aromatic N) is 1. The third kappa shape index (κ3) is 5.09.